The lowest BCUT2D eigenvalue weighted by atomic mass is 10.3. The Morgan fingerprint density at radius 2 is 2.00 bits per heavy atom. The molecule has 0 atom stereocenters. The molecule has 1 aromatic heterocycles. The van der Waals surface area contributed by atoms with E-state index in [1.54, 1.807) is 11.3 Å². The zero-order chi connectivity index (χ0) is 11.5. The summed E-state index contributed by atoms with van der Waals surface area (Å²) in [7, 11) is 0. The van der Waals surface area contributed by atoms with E-state index < -0.39 is 11.6 Å². The quantitative estimate of drug-likeness (QED) is 0.855. The third kappa shape index (κ3) is 2.58. The van der Waals surface area contributed by atoms with Crippen LogP contribution in [0.5, 0.6) is 0 Å². The fraction of sp³-hybridized carbons (Fsp3) is 0.167. The molecule has 1 heterocycles. The molecule has 0 fully saturated rings. The van der Waals surface area contributed by atoms with Crippen LogP contribution < -0.4 is 5.32 Å². The standard InChI is InChI=1S/C12H11F2NS/c1-8-2-4-10(16-8)7-15-12-5-3-9(13)6-11(12)14/h2-6,15H,7H2,1H3. The zero-order valence-corrected chi connectivity index (χ0v) is 9.57. The average molecular weight is 239 g/mol. The maximum atomic E-state index is 13.3. The Balaban J connectivity index is 2.04. The van der Waals surface area contributed by atoms with Gasteiger partial charge in [0.1, 0.15) is 11.6 Å². The summed E-state index contributed by atoms with van der Waals surface area (Å²) in [4.78, 5) is 2.35. The Kier molecular flexibility index (Phi) is 3.19. The van der Waals surface area contributed by atoms with Crippen molar-refractivity contribution in [3.8, 4) is 0 Å². The van der Waals surface area contributed by atoms with Gasteiger partial charge in [0.15, 0.2) is 0 Å². The van der Waals surface area contributed by atoms with Gasteiger partial charge in [-0.3, -0.25) is 0 Å². The van der Waals surface area contributed by atoms with Crippen molar-refractivity contribution in [2.45, 2.75) is 13.5 Å². The van der Waals surface area contributed by atoms with Crippen LogP contribution in [0.4, 0.5) is 14.5 Å². The number of nitrogens with one attached hydrogen (secondary N) is 1. The smallest absolute Gasteiger partial charge is 0.149 e. The highest BCUT2D eigenvalue weighted by Gasteiger charge is 2.03. The molecule has 1 aromatic carbocycles. The van der Waals surface area contributed by atoms with Gasteiger partial charge in [-0.05, 0) is 31.2 Å². The lowest BCUT2D eigenvalue weighted by Gasteiger charge is -2.05. The minimum absolute atomic E-state index is 0.326. The molecular formula is C12H11F2NS. The minimum Gasteiger partial charge on any atom is -0.378 e. The molecule has 0 unspecified atom stereocenters. The van der Waals surface area contributed by atoms with E-state index in [1.165, 1.54) is 17.0 Å². The summed E-state index contributed by atoms with van der Waals surface area (Å²) >= 11 is 1.66. The number of rotatable bonds is 3. The molecule has 0 saturated carbocycles. The van der Waals surface area contributed by atoms with E-state index in [0.717, 1.165) is 10.9 Å². The largest absolute Gasteiger partial charge is 0.378 e. The monoisotopic (exact) mass is 239 g/mol. The van der Waals surface area contributed by atoms with Crippen molar-refractivity contribution in [1.82, 2.24) is 0 Å². The van der Waals surface area contributed by atoms with Crippen LogP contribution in [0, 0.1) is 18.6 Å². The molecular weight excluding hydrogens is 228 g/mol. The molecule has 2 aromatic rings. The Morgan fingerprint density at radius 3 is 2.62 bits per heavy atom. The lowest BCUT2D eigenvalue weighted by Crippen LogP contribution is -1.99. The van der Waals surface area contributed by atoms with Crippen LogP contribution in [-0.2, 0) is 6.54 Å². The third-order valence-electron chi connectivity index (χ3n) is 2.18. The Labute approximate surface area is 96.7 Å². The fourth-order valence-corrected chi connectivity index (χ4v) is 2.23. The van der Waals surface area contributed by atoms with Crippen LogP contribution in [0.25, 0.3) is 0 Å². The van der Waals surface area contributed by atoms with E-state index in [4.69, 9.17) is 0 Å². The van der Waals surface area contributed by atoms with Crippen LogP contribution in [-0.4, -0.2) is 0 Å². The van der Waals surface area contributed by atoms with Crippen LogP contribution >= 0.6 is 11.3 Å². The van der Waals surface area contributed by atoms with Gasteiger partial charge in [-0.2, -0.15) is 0 Å². The van der Waals surface area contributed by atoms with Crippen LogP contribution in [0.1, 0.15) is 9.75 Å². The van der Waals surface area contributed by atoms with E-state index in [2.05, 4.69) is 5.32 Å². The average Bonchev–Trinajstić information content (AvgIpc) is 2.63. The molecule has 0 radical (unpaired) electrons. The second-order valence-electron chi connectivity index (χ2n) is 3.49. The number of thiophene rings is 1. The number of aryl methyl sites for hydroxylation is 1. The molecule has 0 bridgehead atoms. The summed E-state index contributed by atoms with van der Waals surface area (Å²) in [6.07, 6.45) is 0. The molecule has 0 aliphatic rings. The number of benzene rings is 1. The van der Waals surface area contributed by atoms with E-state index in [9.17, 15) is 8.78 Å². The summed E-state index contributed by atoms with van der Waals surface area (Å²) in [5.41, 5.74) is 0.326. The second kappa shape index (κ2) is 4.61. The number of anilines is 1. The van der Waals surface area contributed by atoms with Crippen LogP contribution in [0.2, 0.25) is 0 Å². The summed E-state index contributed by atoms with van der Waals surface area (Å²) in [6.45, 7) is 2.58. The molecule has 0 saturated heterocycles. The van der Waals surface area contributed by atoms with Crippen molar-refractivity contribution in [1.29, 1.82) is 0 Å². The van der Waals surface area contributed by atoms with Gasteiger partial charge in [-0.25, -0.2) is 8.78 Å². The molecule has 4 heteroatoms. The van der Waals surface area contributed by atoms with Crippen molar-refractivity contribution in [3.63, 3.8) is 0 Å². The van der Waals surface area contributed by atoms with Gasteiger partial charge in [-0.1, -0.05) is 0 Å². The van der Waals surface area contributed by atoms with Gasteiger partial charge in [0.05, 0.1) is 5.69 Å². The Bertz CT molecular complexity index is 494. The van der Waals surface area contributed by atoms with Gasteiger partial charge in [0, 0.05) is 22.4 Å². The van der Waals surface area contributed by atoms with Gasteiger partial charge < -0.3 is 5.32 Å². The highest BCUT2D eigenvalue weighted by atomic mass is 32.1. The van der Waals surface area contributed by atoms with E-state index in [1.807, 2.05) is 19.1 Å². The van der Waals surface area contributed by atoms with Crippen molar-refractivity contribution in [2.75, 3.05) is 5.32 Å². The maximum Gasteiger partial charge on any atom is 0.149 e. The highest BCUT2D eigenvalue weighted by molar-refractivity contribution is 7.11. The van der Waals surface area contributed by atoms with Gasteiger partial charge in [0.2, 0.25) is 0 Å². The summed E-state index contributed by atoms with van der Waals surface area (Å²) in [5.74, 6) is -1.12. The van der Waals surface area contributed by atoms with Crippen molar-refractivity contribution < 1.29 is 8.78 Å². The lowest BCUT2D eigenvalue weighted by molar-refractivity contribution is 0.585. The first-order valence-corrected chi connectivity index (χ1v) is 5.71. The molecule has 0 aliphatic carbocycles. The molecule has 0 aliphatic heterocycles. The van der Waals surface area contributed by atoms with E-state index in [-0.39, 0.29) is 0 Å². The first-order chi connectivity index (χ1) is 7.65. The predicted octanol–water partition coefficient (Wildman–Crippen LogP) is 3.95. The molecule has 1 nitrogen and oxygen atoms in total. The summed E-state index contributed by atoms with van der Waals surface area (Å²) in [6, 6.07) is 7.54. The topological polar surface area (TPSA) is 12.0 Å². The first kappa shape index (κ1) is 11.1. The van der Waals surface area contributed by atoms with Crippen molar-refractivity contribution in [3.05, 3.63) is 51.7 Å². The highest BCUT2D eigenvalue weighted by Crippen LogP contribution is 2.19. The Morgan fingerprint density at radius 1 is 1.19 bits per heavy atom. The van der Waals surface area contributed by atoms with E-state index >= 15 is 0 Å². The normalized spacial score (nSPS) is 10.4. The number of hydrogen-bond acceptors (Lipinski definition) is 2. The van der Waals surface area contributed by atoms with Gasteiger partial charge >= 0.3 is 0 Å². The van der Waals surface area contributed by atoms with Crippen molar-refractivity contribution in [2.24, 2.45) is 0 Å². The molecule has 0 spiro atoms. The number of hydrogen-bond donors (Lipinski definition) is 1. The van der Waals surface area contributed by atoms with E-state index in [0.29, 0.717) is 12.2 Å². The zero-order valence-electron chi connectivity index (χ0n) is 8.76. The molecule has 2 rings (SSSR count). The van der Waals surface area contributed by atoms with Gasteiger partial charge in [-0.15, -0.1) is 11.3 Å². The summed E-state index contributed by atoms with van der Waals surface area (Å²) < 4.78 is 25.9. The maximum absolute atomic E-state index is 13.3. The SMILES string of the molecule is Cc1ccc(CNc2ccc(F)cc2F)s1. The molecule has 84 valence electrons. The first-order valence-electron chi connectivity index (χ1n) is 4.89. The Hall–Kier alpha value is -1.42. The fourth-order valence-electron chi connectivity index (χ4n) is 1.40. The minimum atomic E-state index is -0.562. The van der Waals surface area contributed by atoms with Crippen LogP contribution in [0.3, 0.4) is 0 Å². The van der Waals surface area contributed by atoms with Gasteiger partial charge in [0.25, 0.3) is 0 Å². The molecule has 0 amide bonds. The molecule has 16 heavy (non-hydrogen) atoms. The second-order valence-corrected chi connectivity index (χ2v) is 4.86. The number of halogens is 2. The predicted molar refractivity (Wildman–Crippen MR) is 62.7 cm³/mol. The third-order valence-corrected chi connectivity index (χ3v) is 3.18. The molecule has 1 N–H and O–H groups in total. The summed E-state index contributed by atoms with van der Waals surface area (Å²) in [5, 5.41) is 2.94. The van der Waals surface area contributed by atoms with Crippen molar-refractivity contribution >= 4 is 17.0 Å². The van der Waals surface area contributed by atoms with Crippen LogP contribution in [0.15, 0.2) is 30.3 Å².